The molecule has 0 aromatic heterocycles. The first-order chi connectivity index (χ1) is 8.47. The van der Waals surface area contributed by atoms with Crippen LogP contribution in [0.1, 0.15) is 25.0 Å². The maximum Gasteiger partial charge on any atom is 0.199 e. The third-order valence-corrected chi connectivity index (χ3v) is 2.54. The number of nitrogens with one attached hydrogen (secondary N) is 4. The first kappa shape index (κ1) is 14.0. The number of benzene rings is 1. The lowest BCUT2D eigenvalue weighted by Gasteiger charge is -2.16. The van der Waals surface area contributed by atoms with Gasteiger partial charge in [0.1, 0.15) is 5.82 Å². The Morgan fingerprint density at radius 1 is 1.22 bits per heavy atom. The summed E-state index contributed by atoms with van der Waals surface area (Å²) in [6.07, 6.45) is 1.31. The molecule has 0 aliphatic carbocycles. The van der Waals surface area contributed by atoms with Crippen LogP contribution in [0.4, 0.5) is 10.1 Å². The topological polar surface area (TPSA) is 97.8 Å². The SMILES string of the molecule is CCc1cc(F)cc(CC)c1NC(=N)NC(=N)N. The quantitative estimate of drug-likeness (QED) is 0.418. The molecule has 0 spiro atoms. The molecule has 0 saturated carbocycles. The van der Waals surface area contributed by atoms with Gasteiger partial charge in [-0.3, -0.25) is 16.1 Å². The van der Waals surface area contributed by atoms with Crippen molar-refractivity contribution in [2.75, 3.05) is 5.32 Å². The number of anilines is 1. The summed E-state index contributed by atoms with van der Waals surface area (Å²) in [6.45, 7) is 3.84. The number of hydrogen-bond acceptors (Lipinski definition) is 2. The van der Waals surface area contributed by atoms with Crippen LogP contribution < -0.4 is 16.4 Å². The van der Waals surface area contributed by atoms with E-state index in [1.54, 1.807) is 0 Å². The number of rotatable bonds is 3. The van der Waals surface area contributed by atoms with Gasteiger partial charge in [0.25, 0.3) is 0 Å². The van der Waals surface area contributed by atoms with Crippen molar-refractivity contribution in [1.82, 2.24) is 5.32 Å². The van der Waals surface area contributed by atoms with Crippen LogP contribution in [-0.4, -0.2) is 11.9 Å². The molecule has 1 aromatic carbocycles. The molecule has 0 bridgehead atoms. The van der Waals surface area contributed by atoms with E-state index in [9.17, 15) is 4.39 Å². The Kier molecular flexibility index (Phi) is 4.65. The molecule has 0 saturated heterocycles. The maximum atomic E-state index is 13.4. The van der Waals surface area contributed by atoms with Gasteiger partial charge in [-0.05, 0) is 36.1 Å². The third-order valence-electron chi connectivity index (χ3n) is 2.54. The predicted molar refractivity (Wildman–Crippen MR) is 71.6 cm³/mol. The highest BCUT2D eigenvalue weighted by Crippen LogP contribution is 2.24. The molecule has 0 heterocycles. The number of halogens is 1. The van der Waals surface area contributed by atoms with Crippen molar-refractivity contribution in [3.05, 3.63) is 29.1 Å². The fraction of sp³-hybridized carbons (Fsp3) is 0.333. The van der Waals surface area contributed by atoms with Crippen LogP contribution in [0.25, 0.3) is 0 Å². The van der Waals surface area contributed by atoms with Gasteiger partial charge in [-0.15, -0.1) is 0 Å². The molecule has 0 unspecified atom stereocenters. The molecule has 0 aliphatic rings. The van der Waals surface area contributed by atoms with E-state index in [2.05, 4.69) is 10.6 Å². The molecule has 98 valence electrons. The van der Waals surface area contributed by atoms with E-state index in [0.29, 0.717) is 18.5 Å². The fourth-order valence-electron chi connectivity index (χ4n) is 1.73. The van der Waals surface area contributed by atoms with Crippen molar-refractivity contribution in [3.63, 3.8) is 0 Å². The smallest absolute Gasteiger partial charge is 0.199 e. The first-order valence-electron chi connectivity index (χ1n) is 5.75. The summed E-state index contributed by atoms with van der Waals surface area (Å²) in [6, 6.07) is 2.89. The zero-order valence-corrected chi connectivity index (χ0v) is 10.5. The molecular formula is C12H18FN5. The van der Waals surface area contributed by atoms with Crippen molar-refractivity contribution in [1.29, 1.82) is 10.8 Å². The second-order valence-corrected chi connectivity index (χ2v) is 3.84. The molecular weight excluding hydrogens is 233 g/mol. The molecule has 6 heteroatoms. The van der Waals surface area contributed by atoms with Crippen molar-refractivity contribution in [2.45, 2.75) is 26.7 Å². The van der Waals surface area contributed by atoms with Crippen LogP contribution in [0.3, 0.4) is 0 Å². The van der Waals surface area contributed by atoms with Crippen molar-refractivity contribution < 1.29 is 4.39 Å². The van der Waals surface area contributed by atoms with Crippen LogP contribution in [0, 0.1) is 16.6 Å². The van der Waals surface area contributed by atoms with Gasteiger partial charge in [0.2, 0.25) is 0 Å². The summed E-state index contributed by atoms with van der Waals surface area (Å²) >= 11 is 0. The lowest BCUT2D eigenvalue weighted by Crippen LogP contribution is -2.39. The summed E-state index contributed by atoms with van der Waals surface area (Å²) < 4.78 is 13.4. The second kappa shape index (κ2) is 6.00. The van der Waals surface area contributed by atoms with Gasteiger partial charge in [-0.1, -0.05) is 13.8 Å². The zero-order valence-electron chi connectivity index (χ0n) is 10.5. The summed E-state index contributed by atoms with van der Waals surface area (Å²) in [7, 11) is 0. The van der Waals surface area contributed by atoms with E-state index < -0.39 is 0 Å². The van der Waals surface area contributed by atoms with E-state index in [1.165, 1.54) is 12.1 Å². The predicted octanol–water partition coefficient (Wildman–Crippen LogP) is 1.78. The van der Waals surface area contributed by atoms with E-state index >= 15 is 0 Å². The standard InChI is InChI=1S/C12H18FN5/c1-3-7-5-9(13)6-8(4-2)10(7)17-12(16)18-11(14)15/h5-6H,3-4H2,1-2H3,(H6,14,15,16,17,18). The Bertz CT molecular complexity index is 445. The summed E-state index contributed by atoms with van der Waals surface area (Å²) in [4.78, 5) is 0. The Morgan fingerprint density at radius 3 is 2.11 bits per heavy atom. The largest absolute Gasteiger partial charge is 0.370 e. The molecule has 1 aromatic rings. The fourth-order valence-corrected chi connectivity index (χ4v) is 1.73. The number of hydrogen-bond donors (Lipinski definition) is 5. The minimum atomic E-state index is -0.314. The molecule has 0 radical (unpaired) electrons. The molecule has 5 nitrogen and oxygen atoms in total. The highest BCUT2D eigenvalue weighted by Gasteiger charge is 2.10. The van der Waals surface area contributed by atoms with Gasteiger partial charge in [0.15, 0.2) is 11.9 Å². The van der Waals surface area contributed by atoms with Gasteiger partial charge >= 0.3 is 0 Å². The molecule has 0 amide bonds. The summed E-state index contributed by atoms with van der Waals surface area (Å²) in [5.41, 5.74) is 7.44. The summed E-state index contributed by atoms with van der Waals surface area (Å²) in [5.74, 6) is -0.690. The monoisotopic (exact) mass is 251 g/mol. The number of aryl methyl sites for hydroxylation is 2. The van der Waals surface area contributed by atoms with Crippen molar-refractivity contribution in [2.24, 2.45) is 5.73 Å². The maximum absolute atomic E-state index is 13.4. The van der Waals surface area contributed by atoms with Crippen LogP contribution in [0.2, 0.25) is 0 Å². The first-order valence-corrected chi connectivity index (χ1v) is 5.75. The van der Waals surface area contributed by atoms with E-state index in [4.69, 9.17) is 16.6 Å². The van der Waals surface area contributed by atoms with Gasteiger partial charge in [-0.2, -0.15) is 0 Å². The number of guanidine groups is 2. The van der Waals surface area contributed by atoms with Crippen LogP contribution >= 0.6 is 0 Å². The molecule has 1 rings (SSSR count). The van der Waals surface area contributed by atoms with Crippen molar-refractivity contribution in [3.8, 4) is 0 Å². The highest BCUT2D eigenvalue weighted by atomic mass is 19.1. The Labute approximate surface area is 106 Å². The third kappa shape index (κ3) is 3.44. The van der Waals surface area contributed by atoms with Gasteiger partial charge in [0, 0.05) is 5.69 Å². The lowest BCUT2D eigenvalue weighted by molar-refractivity contribution is 0.624. The second-order valence-electron chi connectivity index (χ2n) is 3.84. The van der Waals surface area contributed by atoms with E-state index in [-0.39, 0.29) is 17.7 Å². The molecule has 0 aliphatic heterocycles. The van der Waals surface area contributed by atoms with E-state index in [1.807, 2.05) is 13.8 Å². The number of nitrogens with two attached hydrogens (primary N) is 1. The minimum Gasteiger partial charge on any atom is -0.370 e. The van der Waals surface area contributed by atoms with Crippen LogP contribution in [-0.2, 0) is 12.8 Å². The zero-order chi connectivity index (χ0) is 13.7. The van der Waals surface area contributed by atoms with Gasteiger partial charge in [0.05, 0.1) is 0 Å². The average molecular weight is 251 g/mol. The molecule has 6 N–H and O–H groups in total. The Hall–Kier alpha value is -2.11. The van der Waals surface area contributed by atoms with Crippen LogP contribution in [0.15, 0.2) is 12.1 Å². The Balaban J connectivity index is 3.05. The molecule has 0 atom stereocenters. The average Bonchev–Trinajstić information content (AvgIpc) is 2.29. The van der Waals surface area contributed by atoms with Crippen molar-refractivity contribution >= 4 is 17.6 Å². The molecule has 0 fully saturated rings. The Morgan fingerprint density at radius 2 is 1.72 bits per heavy atom. The minimum absolute atomic E-state index is 0.0986. The summed E-state index contributed by atoms with van der Waals surface area (Å²) in [5, 5.41) is 19.8. The highest BCUT2D eigenvalue weighted by molar-refractivity contribution is 6.02. The van der Waals surface area contributed by atoms with Crippen LogP contribution in [0.5, 0.6) is 0 Å². The van der Waals surface area contributed by atoms with Gasteiger partial charge in [-0.25, -0.2) is 4.39 Å². The van der Waals surface area contributed by atoms with E-state index in [0.717, 1.165) is 11.1 Å². The molecule has 18 heavy (non-hydrogen) atoms. The van der Waals surface area contributed by atoms with Gasteiger partial charge < -0.3 is 11.1 Å². The normalized spacial score (nSPS) is 9.94. The lowest BCUT2D eigenvalue weighted by atomic mass is 10.0.